The number of primary amides is 1. The fourth-order valence-corrected chi connectivity index (χ4v) is 5.78. The van der Waals surface area contributed by atoms with Gasteiger partial charge in [0.1, 0.15) is 5.82 Å². The number of carbonyl (C=O) groups is 4. The summed E-state index contributed by atoms with van der Waals surface area (Å²) in [5.41, 5.74) is 11.2. The average molecular weight is 592 g/mol. The van der Waals surface area contributed by atoms with Crippen molar-refractivity contribution in [3.8, 4) is 11.1 Å². The predicted molar refractivity (Wildman–Crippen MR) is 168 cm³/mol. The first-order chi connectivity index (χ1) is 21.2. The van der Waals surface area contributed by atoms with Gasteiger partial charge in [-0.1, -0.05) is 24.3 Å². The van der Waals surface area contributed by atoms with E-state index in [-0.39, 0.29) is 24.1 Å². The summed E-state index contributed by atoms with van der Waals surface area (Å²) in [6, 6.07) is 19.8. The van der Waals surface area contributed by atoms with E-state index in [0.29, 0.717) is 53.0 Å². The zero-order valence-electron chi connectivity index (χ0n) is 24.0. The van der Waals surface area contributed by atoms with Gasteiger partial charge >= 0.3 is 0 Å². The lowest BCUT2D eigenvalue weighted by atomic mass is 9.93. The number of aromatic amines is 1. The van der Waals surface area contributed by atoms with E-state index in [0.717, 1.165) is 33.9 Å². The first kappa shape index (κ1) is 28.6. The predicted octanol–water partition coefficient (Wildman–Crippen LogP) is 5.74. The van der Waals surface area contributed by atoms with Crippen LogP contribution in [0.4, 0.5) is 15.8 Å². The number of rotatable bonds is 8. The van der Waals surface area contributed by atoms with Crippen LogP contribution in [0.3, 0.4) is 0 Å². The van der Waals surface area contributed by atoms with Crippen molar-refractivity contribution < 1.29 is 23.6 Å². The van der Waals surface area contributed by atoms with Crippen LogP contribution in [-0.4, -0.2) is 46.6 Å². The fourth-order valence-electron chi connectivity index (χ4n) is 5.78. The third-order valence-corrected chi connectivity index (χ3v) is 8.06. The van der Waals surface area contributed by atoms with Gasteiger partial charge in [0.05, 0.1) is 11.1 Å². The first-order valence-corrected chi connectivity index (χ1v) is 14.3. The molecule has 1 aliphatic heterocycles. The summed E-state index contributed by atoms with van der Waals surface area (Å²) in [7, 11) is 0. The molecule has 1 aliphatic rings. The number of anilines is 2. The monoisotopic (exact) mass is 591 g/mol. The molecule has 5 N–H and O–H groups in total. The Morgan fingerprint density at radius 2 is 1.77 bits per heavy atom. The van der Waals surface area contributed by atoms with E-state index in [1.165, 1.54) is 24.3 Å². The minimum absolute atomic E-state index is 0.0781. The number of H-pyrrole nitrogens is 1. The van der Waals surface area contributed by atoms with Crippen LogP contribution in [0.2, 0.25) is 0 Å². The molecule has 4 aromatic carbocycles. The Balaban J connectivity index is 1.34. The Labute approximate surface area is 252 Å². The Kier molecular flexibility index (Phi) is 7.57. The summed E-state index contributed by atoms with van der Waals surface area (Å²) in [6.07, 6.45) is 1.55. The van der Waals surface area contributed by atoms with Gasteiger partial charge in [-0.3, -0.25) is 19.2 Å². The Morgan fingerprint density at radius 1 is 0.977 bits per heavy atom. The molecule has 9 nitrogen and oxygen atoms in total. The number of nitrogens with zero attached hydrogens (tertiary/aromatic N) is 1. The second-order valence-corrected chi connectivity index (χ2v) is 10.9. The van der Waals surface area contributed by atoms with Gasteiger partial charge in [-0.15, -0.1) is 0 Å². The zero-order chi connectivity index (χ0) is 31.0. The highest BCUT2D eigenvalue weighted by Gasteiger charge is 2.21. The largest absolute Gasteiger partial charge is 0.366 e. The molecule has 4 amide bonds. The molecule has 0 bridgehead atoms. The van der Waals surface area contributed by atoms with Crippen molar-refractivity contribution in [1.82, 2.24) is 9.88 Å². The summed E-state index contributed by atoms with van der Waals surface area (Å²) < 4.78 is 13.4. The normalized spacial score (nSPS) is 13.0. The van der Waals surface area contributed by atoms with E-state index in [4.69, 9.17) is 5.73 Å². The van der Waals surface area contributed by atoms with Crippen LogP contribution >= 0.6 is 0 Å². The molecule has 0 radical (unpaired) electrons. The quantitative estimate of drug-likeness (QED) is 0.183. The lowest BCUT2D eigenvalue weighted by Gasteiger charge is -2.15. The van der Waals surface area contributed by atoms with Gasteiger partial charge in [-0.25, -0.2) is 4.39 Å². The van der Waals surface area contributed by atoms with E-state index in [1.54, 1.807) is 29.2 Å². The van der Waals surface area contributed by atoms with Crippen molar-refractivity contribution in [2.45, 2.75) is 26.2 Å². The number of halogens is 1. The molecule has 6 rings (SSSR count). The first-order valence-electron chi connectivity index (χ1n) is 14.3. The highest BCUT2D eigenvalue weighted by atomic mass is 19.1. The number of nitrogens with one attached hydrogen (secondary N) is 3. The number of carbonyl (C=O) groups excluding carboxylic acids is 4. The SMILES string of the molecule is Cc1c(NC(=O)c2ccc(F)cc2)cccc1-c1ccc(C(N)=O)c2[nH]c3cc(NC(=O)CCN4CCCC4=O)ccc3c12. The lowest BCUT2D eigenvalue weighted by molar-refractivity contribution is -0.128. The van der Waals surface area contributed by atoms with Crippen molar-refractivity contribution in [3.63, 3.8) is 0 Å². The molecule has 0 unspecified atom stereocenters. The maximum Gasteiger partial charge on any atom is 0.255 e. The van der Waals surface area contributed by atoms with Crippen molar-refractivity contribution in [3.05, 3.63) is 95.3 Å². The van der Waals surface area contributed by atoms with Gasteiger partial charge in [0.25, 0.3) is 11.8 Å². The van der Waals surface area contributed by atoms with Crippen molar-refractivity contribution in [2.24, 2.45) is 5.73 Å². The average Bonchev–Trinajstić information content (AvgIpc) is 3.59. The molecule has 0 aliphatic carbocycles. The van der Waals surface area contributed by atoms with Gasteiger partial charge in [-0.2, -0.15) is 0 Å². The van der Waals surface area contributed by atoms with Crippen LogP contribution in [0.15, 0.2) is 72.8 Å². The highest BCUT2D eigenvalue weighted by Crippen LogP contribution is 2.39. The van der Waals surface area contributed by atoms with Crippen LogP contribution < -0.4 is 16.4 Å². The molecule has 1 aromatic heterocycles. The van der Waals surface area contributed by atoms with Gasteiger partial charge in [0, 0.05) is 59.2 Å². The third kappa shape index (κ3) is 5.49. The number of aromatic nitrogens is 1. The molecule has 222 valence electrons. The topological polar surface area (TPSA) is 137 Å². The number of benzene rings is 4. The number of hydrogen-bond acceptors (Lipinski definition) is 4. The minimum atomic E-state index is -0.588. The molecule has 44 heavy (non-hydrogen) atoms. The van der Waals surface area contributed by atoms with E-state index in [1.807, 2.05) is 31.2 Å². The van der Waals surface area contributed by atoms with Gasteiger partial charge < -0.3 is 26.3 Å². The molecule has 0 saturated carbocycles. The van der Waals surface area contributed by atoms with E-state index < -0.39 is 11.7 Å². The molecule has 2 heterocycles. The molecular formula is C34H30FN5O4. The van der Waals surface area contributed by atoms with Crippen molar-refractivity contribution >= 4 is 56.8 Å². The minimum Gasteiger partial charge on any atom is -0.366 e. The molecule has 5 aromatic rings. The second-order valence-electron chi connectivity index (χ2n) is 10.9. The van der Waals surface area contributed by atoms with E-state index in [2.05, 4.69) is 15.6 Å². The number of nitrogens with two attached hydrogens (primary N) is 1. The smallest absolute Gasteiger partial charge is 0.255 e. The van der Waals surface area contributed by atoms with Crippen LogP contribution in [0.1, 0.15) is 45.5 Å². The highest BCUT2D eigenvalue weighted by molar-refractivity contribution is 6.20. The molecule has 1 saturated heterocycles. The second kappa shape index (κ2) is 11.6. The molecule has 10 heteroatoms. The third-order valence-electron chi connectivity index (χ3n) is 8.06. The van der Waals surface area contributed by atoms with Crippen LogP contribution in [0, 0.1) is 12.7 Å². The van der Waals surface area contributed by atoms with E-state index in [9.17, 15) is 23.6 Å². The number of likely N-dealkylation sites (tertiary alicyclic amines) is 1. The van der Waals surface area contributed by atoms with Crippen LogP contribution in [-0.2, 0) is 9.59 Å². The van der Waals surface area contributed by atoms with Crippen molar-refractivity contribution in [2.75, 3.05) is 23.7 Å². The van der Waals surface area contributed by atoms with Gasteiger partial charge in [0.2, 0.25) is 11.8 Å². The zero-order valence-corrected chi connectivity index (χ0v) is 24.0. The van der Waals surface area contributed by atoms with Crippen LogP contribution in [0.25, 0.3) is 32.9 Å². The molecule has 0 atom stereocenters. The van der Waals surface area contributed by atoms with Crippen LogP contribution in [0.5, 0.6) is 0 Å². The number of fused-ring (bicyclic) bond motifs is 3. The molecular weight excluding hydrogens is 561 g/mol. The summed E-state index contributed by atoms with van der Waals surface area (Å²) in [4.78, 5) is 54.8. The summed E-state index contributed by atoms with van der Waals surface area (Å²) in [5.74, 6) is -1.50. The van der Waals surface area contributed by atoms with Crippen molar-refractivity contribution in [1.29, 1.82) is 0 Å². The fraction of sp³-hybridized carbons (Fsp3) is 0.176. The van der Waals surface area contributed by atoms with E-state index >= 15 is 0 Å². The lowest BCUT2D eigenvalue weighted by Crippen LogP contribution is -2.28. The van der Waals surface area contributed by atoms with Gasteiger partial charge in [0.15, 0.2) is 0 Å². The number of amides is 4. The molecule has 0 spiro atoms. The Bertz CT molecular complexity index is 1960. The maximum atomic E-state index is 13.4. The summed E-state index contributed by atoms with van der Waals surface area (Å²) in [6.45, 7) is 2.95. The standard InChI is InChI=1S/C34H30FN5O4/c1-19-23(4-2-5-27(19)39-34(44)20-7-9-21(35)10-8-20)24-13-14-26(33(36)43)32-31(24)25-12-11-22(18-28(25)38-32)37-29(41)15-17-40-16-3-6-30(40)42/h2,4-5,7-14,18,38H,3,6,15-17H2,1H3,(H2,36,43)(H,37,41)(H,39,44). The summed E-state index contributed by atoms with van der Waals surface area (Å²) >= 11 is 0. The van der Waals surface area contributed by atoms with Gasteiger partial charge in [-0.05, 0) is 78.6 Å². The molecule has 1 fully saturated rings. The Hall–Kier alpha value is -5.51. The maximum absolute atomic E-state index is 13.4. The Morgan fingerprint density at radius 3 is 2.50 bits per heavy atom. The number of hydrogen-bond donors (Lipinski definition) is 4. The summed E-state index contributed by atoms with van der Waals surface area (Å²) in [5, 5.41) is 7.41.